The van der Waals surface area contributed by atoms with Gasteiger partial charge in [0, 0.05) is 18.2 Å². The number of aromatic carboxylic acids is 1. The molecular formula is C21H16F3N3O6. The van der Waals surface area contributed by atoms with Crippen LogP contribution in [0.1, 0.15) is 32.0 Å². The summed E-state index contributed by atoms with van der Waals surface area (Å²) >= 11 is 0. The van der Waals surface area contributed by atoms with Crippen molar-refractivity contribution in [2.75, 3.05) is 0 Å². The Balaban J connectivity index is 1.79. The van der Waals surface area contributed by atoms with Crippen LogP contribution in [-0.4, -0.2) is 32.9 Å². The molecule has 3 rings (SSSR count). The van der Waals surface area contributed by atoms with E-state index < -0.39 is 53.0 Å². The predicted molar refractivity (Wildman–Crippen MR) is 108 cm³/mol. The molecule has 0 saturated heterocycles. The number of carboxylic acid groups (broad SMARTS) is 1. The lowest BCUT2D eigenvalue weighted by Crippen LogP contribution is -2.38. The zero-order chi connectivity index (χ0) is 24.2. The normalized spacial score (nSPS) is 11.1. The SMILES string of the molecule is O=C(O)c1ccc(CNC(=O)c2cc(=O)n(Cc3ccccc3)c(=O)[nH]2)c(OC(F)(F)F)c1. The van der Waals surface area contributed by atoms with Gasteiger partial charge in [0.25, 0.3) is 11.5 Å². The second kappa shape index (κ2) is 9.42. The van der Waals surface area contributed by atoms with Crippen molar-refractivity contribution in [1.29, 1.82) is 0 Å². The number of H-pyrrole nitrogens is 1. The van der Waals surface area contributed by atoms with Crippen LogP contribution in [0.2, 0.25) is 0 Å². The molecule has 1 aromatic heterocycles. The van der Waals surface area contributed by atoms with Gasteiger partial charge in [-0.3, -0.25) is 14.2 Å². The zero-order valence-electron chi connectivity index (χ0n) is 16.7. The number of aromatic amines is 1. The van der Waals surface area contributed by atoms with Gasteiger partial charge in [0.05, 0.1) is 12.1 Å². The van der Waals surface area contributed by atoms with Crippen LogP contribution < -0.4 is 21.3 Å². The number of benzene rings is 2. The molecule has 0 radical (unpaired) electrons. The molecule has 3 aromatic rings. The summed E-state index contributed by atoms with van der Waals surface area (Å²) in [5, 5.41) is 11.2. The molecule has 9 nitrogen and oxygen atoms in total. The van der Waals surface area contributed by atoms with Gasteiger partial charge in [-0.2, -0.15) is 0 Å². The van der Waals surface area contributed by atoms with Gasteiger partial charge in [-0.1, -0.05) is 36.4 Å². The molecule has 12 heteroatoms. The summed E-state index contributed by atoms with van der Waals surface area (Å²) in [6, 6.07) is 12.3. The van der Waals surface area contributed by atoms with E-state index in [2.05, 4.69) is 15.0 Å². The summed E-state index contributed by atoms with van der Waals surface area (Å²) in [7, 11) is 0. The number of carbonyl (C=O) groups excluding carboxylic acids is 1. The van der Waals surface area contributed by atoms with Gasteiger partial charge in [0.1, 0.15) is 11.4 Å². The Morgan fingerprint density at radius 1 is 1.06 bits per heavy atom. The van der Waals surface area contributed by atoms with E-state index in [-0.39, 0.29) is 12.1 Å². The third-order valence-electron chi connectivity index (χ3n) is 4.43. The molecule has 0 unspecified atom stereocenters. The van der Waals surface area contributed by atoms with Gasteiger partial charge in [0.15, 0.2) is 0 Å². The lowest BCUT2D eigenvalue weighted by molar-refractivity contribution is -0.274. The summed E-state index contributed by atoms with van der Waals surface area (Å²) < 4.78 is 42.7. The molecular weight excluding hydrogens is 447 g/mol. The van der Waals surface area contributed by atoms with Crippen LogP contribution in [0.5, 0.6) is 5.75 Å². The standard InChI is InChI=1S/C21H16F3N3O6/c22-21(23,24)33-16-8-13(19(30)31)6-7-14(16)10-25-18(29)15-9-17(28)27(20(32)26-15)11-12-4-2-1-3-5-12/h1-9H,10-11H2,(H,25,29)(H,26,32)(H,30,31). The summed E-state index contributed by atoms with van der Waals surface area (Å²) in [4.78, 5) is 50.3. The van der Waals surface area contributed by atoms with Gasteiger partial charge in [-0.25, -0.2) is 9.59 Å². The summed E-state index contributed by atoms with van der Waals surface area (Å²) in [6.45, 7) is -0.524. The molecule has 0 aliphatic heterocycles. The van der Waals surface area contributed by atoms with Crippen LogP contribution in [0.25, 0.3) is 0 Å². The fourth-order valence-corrected chi connectivity index (χ4v) is 2.88. The number of hydrogen-bond donors (Lipinski definition) is 3. The highest BCUT2D eigenvalue weighted by Gasteiger charge is 2.32. The van der Waals surface area contributed by atoms with Crippen molar-refractivity contribution >= 4 is 11.9 Å². The number of alkyl halides is 3. The van der Waals surface area contributed by atoms with Crippen LogP contribution in [-0.2, 0) is 13.1 Å². The number of carbonyl (C=O) groups is 2. The second-order valence-electron chi connectivity index (χ2n) is 6.76. The number of aromatic nitrogens is 2. The fourth-order valence-electron chi connectivity index (χ4n) is 2.88. The first-order chi connectivity index (χ1) is 15.5. The maximum Gasteiger partial charge on any atom is 0.573 e. The summed E-state index contributed by atoms with van der Waals surface area (Å²) in [6.07, 6.45) is -5.09. The molecule has 172 valence electrons. The van der Waals surface area contributed by atoms with E-state index in [1.807, 2.05) is 0 Å². The number of amides is 1. The minimum absolute atomic E-state index is 0.0228. The molecule has 3 N–H and O–H groups in total. The van der Waals surface area contributed by atoms with Crippen molar-refractivity contribution < 1.29 is 32.6 Å². The summed E-state index contributed by atoms with van der Waals surface area (Å²) in [5.41, 5.74) is -1.93. The number of hydrogen-bond acceptors (Lipinski definition) is 5. The minimum atomic E-state index is -5.09. The molecule has 2 aromatic carbocycles. The topological polar surface area (TPSA) is 130 Å². The molecule has 0 spiro atoms. The number of rotatable bonds is 7. The van der Waals surface area contributed by atoms with Crippen molar-refractivity contribution in [3.05, 3.63) is 97.8 Å². The highest BCUT2D eigenvalue weighted by molar-refractivity contribution is 5.92. The number of nitrogens with one attached hydrogen (secondary N) is 2. The van der Waals surface area contributed by atoms with E-state index in [0.29, 0.717) is 11.6 Å². The van der Waals surface area contributed by atoms with Crippen LogP contribution in [0.3, 0.4) is 0 Å². The van der Waals surface area contributed by atoms with Crippen molar-refractivity contribution in [1.82, 2.24) is 14.9 Å². The Morgan fingerprint density at radius 2 is 1.76 bits per heavy atom. The molecule has 0 aliphatic rings. The molecule has 1 heterocycles. The molecule has 0 bridgehead atoms. The first-order valence-corrected chi connectivity index (χ1v) is 9.32. The van der Waals surface area contributed by atoms with Crippen molar-refractivity contribution in [3.8, 4) is 5.75 Å². The van der Waals surface area contributed by atoms with Crippen LogP contribution in [0, 0.1) is 0 Å². The number of halogens is 3. The molecule has 0 saturated carbocycles. The maximum absolute atomic E-state index is 12.7. The molecule has 0 fully saturated rings. The number of carboxylic acids is 1. The van der Waals surface area contributed by atoms with E-state index in [9.17, 15) is 32.3 Å². The van der Waals surface area contributed by atoms with E-state index in [1.54, 1.807) is 30.3 Å². The highest BCUT2D eigenvalue weighted by Crippen LogP contribution is 2.27. The van der Waals surface area contributed by atoms with Gasteiger partial charge < -0.3 is 20.1 Å². The maximum atomic E-state index is 12.7. The van der Waals surface area contributed by atoms with Crippen LogP contribution in [0.15, 0.2) is 64.2 Å². The van der Waals surface area contributed by atoms with Crippen LogP contribution in [0.4, 0.5) is 13.2 Å². The Hall–Kier alpha value is -4.35. The Labute approximate surface area is 183 Å². The Morgan fingerprint density at radius 3 is 2.36 bits per heavy atom. The lowest BCUT2D eigenvalue weighted by Gasteiger charge is -2.14. The van der Waals surface area contributed by atoms with Gasteiger partial charge in [-0.05, 0) is 17.7 Å². The number of ether oxygens (including phenoxy) is 1. The average Bonchev–Trinajstić information content (AvgIpc) is 2.74. The molecule has 33 heavy (non-hydrogen) atoms. The van der Waals surface area contributed by atoms with Crippen LogP contribution >= 0.6 is 0 Å². The molecule has 0 atom stereocenters. The van der Waals surface area contributed by atoms with Crippen molar-refractivity contribution in [2.24, 2.45) is 0 Å². The van der Waals surface area contributed by atoms with Crippen molar-refractivity contribution in [2.45, 2.75) is 19.5 Å². The predicted octanol–water partition coefficient (Wildman–Crippen LogP) is 2.11. The fraction of sp³-hybridized carbons (Fsp3) is 0.143. The number of nitrogens with zero attached hydrogens (tertiary/aromatic N) is 1. The minimum Gasteiger partial charge on any atom is -0.478 e. The lowest BCUT2D eigenvalue weighted by atomic mass is 10.1. The first kappa shape index (κ1) is 23.3. The monoisotopic (exact) mass is 463 g/mol. The van der Waals surface area contributed by atoms with E-state index in [1.165, 1.54) is 0 Å². The van der Waals surface area contributed by atoms with E-state index in [4.69, 9.17) is 5.11 Å². The third-order valence-corrected chi connectivity index (χ3v) is 4.43. The second-order valence-corrected chi connectivity index (χ2v) is 6.76. The molecule has 1 amide bonds. The van der Waals surface area contributed by atoms with Gasteiger partial charge in [0.2, 0.25) is 0 Å². The zero-order valence-corrected chi connectivity index (χ0v) is 16.7. The Bertz CT molecular complexity index is 1270. The van der Waals surface area contributed by atoms with E-state index >= 15 is 0 Å². The smallest absolute Gasteiger partial charge is 0.478 e. The largest absolute Gasteiger partial charge is 0.573 e. The van der Waals surface area contributed by atoms with Gasteiger partial charge >= 0.3 is 18.0 Å². The van der Waals surface area contributed by atoms with Gasteiger partial charge in [-0.15, -0.1) is 13.2 Å². The average molecular weight is 463 g/mol. The quantitative estimate of drug-likeness (QED) is 0.492. The van der Waals surface area contributed by atoms with E-state index in [0.717, 1.165) is 22.8 Å². The van der Waals surface area contributed by atoms with Crippen molar-refractivity contribution in [3.63, 3.8) is 0 Å². The third kappa shape index (κ3) is 6.09. The Kier molecular flexibility index (Phi) is 6.66. The molecule has 0 aliphatic carbocycles. The first-order valence-electron chi connectivity index (χ1n) is 9.32. The highest BCUT2D eigenvalue weighted by atomic mass is 19.4. The summed E-state index contributed by atoms with van der Waals surface area (Å²) in [5.74, 6) is -3.21.